The summed E-state index contributed by atoms with van der Waals surface area (Å²) in [5.41, 5.74) is 1.46. The molecule has 1 nitrogen and oxygen atoms in total. The van der Waals surface area contributed by atoms with Crippen molar-refractivity contribution in [1.82, 2.24) is 0 Å². The van der Waals surface area contributed by atoms with Crippen LogP contribution in [0.25, 0.3) is 0 Å². The third-order valence-electron chi connectivity index (χ3n) is 2.40. The van der Waals surface area contributed by atoms with Gasteiger partial charge in [0.25, 0.3) is 0 Å². The van der Waals surface area contributed by atoms with Crippen molar-refractivity contribution in [3.05, 3.63) is 29.8 Å². The van der Waals surface area contributed by atoms with Gasteiger partial charge in [0.2, 0.25) is 0 Å². The molecule has 5 heteroatoms. The summed E-state index contributed by atoms with van der Waals surface area (Å²) in [6.07, 6.45) is -4.20. The quantitative estimate of drug-likeness (QED) is 0.738. The van der Waals surface area contributed by atoms with Gasteiger partial charge in [0.05, 0.1) is 0 Å². The van der Waals surface area contributed by atoms with Crippen molar-refractivity contribution in [2.24, 2.45) is 0 Å². The highest BCUT2D eigenvalue weighted by atomic mass is 35.5. The van der Waals surface area contributed by atoms with Crippen molar-refractivity contribution in [1.29, 1.82) is 0 Å². The maximum Gasteiger partial charge on any atom is 0.405 e. The number of hydrogen-bond acceptors (Lipinski definition) is 1. The third kappa shape index (κ3) is 4.46. The van der Waals surface area contributed by atoms with E-state index in [1.54, 1.807) is 38.1 Å². The zero-order valence-corrected chi connectivity index (χ0v) is 10.5. The Morgan fingerprint density at radius 2 is 1.71 bits per heavy atom. The Morgan fingerprint density at radius 3 is 2.06 bits per heavy atom. The Bertz CT molecular complexity index is 346. The van der Waals surface area contributed by atoms with E-state index in [1.807, 2.05) is 0 Å². The van der Waals surface area contributed by atoms with E-state index < -0.39 is 12.7 Å². The minimum absolute atomic E-state index is 0.210. The first-order valence-electron chi connectivity index (χ1n) is 5.32. The van der Waals surface area contributed by atoms with Gasteiger partial charge in [0.15, 0.2) is 0 Å². The lowest BCUT2D eigenvalue weighted by Gasteiger charge is -2.30. The van der Waals surface area contributed by atoms with E-state index in [2.05, 4.69) is 0 Å². The van der Waals surface area contributed by atoms with Crippen LogP contribution < -0.4 is 4.90 Å². The smallest absolute Gasteiger partial charge is 0.360 e. The molecule has 0 atom stereocenters. The molecule has 0 aliphatic carbocycles. The molecule has 0 aliphatic heterocycles. The molecule has 0 N–H and O–H groups in total. The van der Waals surface area contributed by atoms with Crippen molar-refractivity contribution in [2.45, 2.75) is 31.9 Å². The number of nitrogens with zero attached hydrogens (tertiary/aromatic N) is 1. The van der Waals surface area contributed by atoms with E-state index in [4.69, 9.17) is 11.6 Å². The Kier molecular flexibility index (Phi) is 4.69. The minimum atomic E-state index is -4.20. The van der Waals surface area contributed by atoms with E-state index in [-0.39, 0.29) is 6.04 Å². The maximum atomic E-state index is 12.4. The average molecular weight is 266 g/mol. The van der Waals surface area contributed by atoms with Crippen molar-refractivity contribution in [3.63, 3.8) is 0 Å². The molecule has 96 valence electrons. The van der Waals surface area contributed by atoms with E-state index in [1.165, 1.54) is 4.90 Å². The van der Waals surface area contributed by atoms with Crippen LogP contribution in [0.4, 0.5) is 18.9 Å². The molecule has 0 saturated carbocycles. The van der Waals surface area contributed by atoms with Crippen LogP contribution in [0.1, 0.15) is 19.4 Å². The van der Waals surface area contributed by atoms with Gasteiger partial charge in [-0.3, -0.25) is 0 Å². The average Bonchev–Trinajstić information content (AvgIpc) is 2.25. The molecule has 0 aliphatic rings. The van der Waals surface area contributed by atoms with Gasteiger partial charge in [-0.1, -0.05) is 12.1 Å². The van der Waals surface area contributed by atoms with Gasteiger partial charge in [-0.2, -0.15) is 13.2 Å². The van der Waals surface area contributed by atoms with Gasteiger partial charge < -0.3 is 4.90 Å². The Hall–Kier alpha value is -0.900. The van der Waals surface area contributed by atoms with Crippen molar-refractivity contribution in [2.75, 3.05) is 11.4 Å². The Balaban J connectivity index is 2.89. The van der Waals surface area contributed by atoms with Gasteiger partial charge >= 0.3 is 6.18 Å². The molecule has 0 heterocycles. The molecule has 1 aromatic rings. The minimum Gasteiger partial charge on any atom is -0.360 e. The molecule has 0 aromatic heterocycles. The van der Waals surface area contributed by atoms with Crippen molar-refractivity contribution < 1.29 is 13.2 Å². The van der Waals surface area contributed by atoms with Crippen LogP contribution in [0.15, 0.2) is 24.3 Å². The van der Waals surface area contributed by atoms with Crippen LogP contribution in [-0.2, 0) is 5.88 Å². The number of benzene rings is 1. The van der Waals surface area contributed by atoms with Crippen LogP contribution in [0.3, 0.4) is 0 Å². The zero-order chi connectivity index (χ0) is 13.1. The Morgan fingerprint density at radius 1 is 1.18 bits per heavy atom. The fourth-order valence-corrected chi connectivity index (χ4v) is 1.72. The first-order valence-corrected chi connectivity index (χ1v) is 5.85. The molecule has 1 aromatic carbocycles. The summed E-state index contributed by atoms with van der Waals surface area (Å²) >= 11 is 5.63. The van der Waals surface area contributed by atoms with Crippen molar-refractivity contribution >= 4 is 17.3 Å². The lowest BCUT2D eigenvalue weighted by atomic mass is 10.2. The summed E-state index contributed by atoms with van der Waals surface area (Å²) in [7, 11) is 0. The first kappa shape index (κ1) is 14.2. The monoisotopic (exact) mass is 265 g/mol. The fraction of sp³-hybridized carbons (Fsp3) is 0.500. The van der Waals surface area contributed by atoms with Crippen LogP contribution >= 0.6 is 11.6 Å². The molecule has 0 bridgehead atoms. The molecule has 17 heavy (non-hydrogen) atoms. The van der Waals surface area contributed by atoms with Gasteiger partial charge in [0.1, 0.15) is 6.54 Å². The molecular weight excluding hydrogens is 251 g/mol. The molecular formula is C12H15ClF3N. The number of halogens is 4. The first-order chi connectivity index (χ1) is 7.83. The number of rotatable bonds is 4. The van der Waals surface area contributed by atoms with E-state index in [0.29, 0.717) is 11.6 Å². The van der Waals surface area contributed by atoms with Gasteiger partial charge in [-0.05, 0) is 31.5 Å². The summed E-state index contributed by atoms with van der Waals surface area (Å²) in [6, 6.07) is 6.62. The van der Waals surface area contributed by atoms with Crippen LogP contribution in [0.2, 0.25) is 0 Å². The van der Waals surface area contributed by atoms with Crippen LogP contribution in [0.5, 0.6) is 0 Å². The number of hydrogen-bond donors (Lipinski definition) is 0. The van der Waals surface area contributed by atoms with Gasteiger partial charge in [0, 0.05) is 17.6 Å². The standard InChI is InChI=1S/C12H15ClF3N/c1-9(2)17(8-12(14,15)16)11-5-3-10(7-13)4-6-11/h3-6,9H,7-8H2,1-2H3. The van der Waals surface area contributed by atoms with Crippen LogP contribution in [0, 0.1) is 0 Å². The Labute approximate surface area is 104 Å². The maximum absolute atomic E-state index is 12.4. The number of alkyl halides is 4. The summed E-state index contributed by atoms with van der Waals surface area (Å²) in [6.45, 7) is 2.54. The largest absolute Gasteiger partial charge is 0.405 e. The highest BCUT2D eigenvalue weighted by Gasteiger charge is 2.31. The second-order valence-electron chi connectivity index (χ2n) is 4.14. The topological polar surface area (TPSA) is 3.24 Å². The SMILES string of the molecule is CC(C)N(CC(F)(F)F)c1ccc(CCl)cc1. The fourth-order valence-electron chi connectivity index (χ4n) is 1.54. The summed E-state index contributed by atoms with van der Waals surface area (Å²) in [5.74, 6) is 0.362. The summed E-state index contributed by atoms with van der Waals surface area (Å²) in [4.78, 5) is 1.32. The van der Waals surface area contributed by atoms with E-state index in [0.717, 1.165) is 5.56 Å². The predicted octanol–water partition coefficient (Wildman–Crippen LogP) is 4.20. The molecule has 0 fully saturated rings. The normalized spacial score (nSPS) is 11.9. The molecule has 0 amide bonds. The second kappa shape index (κ2) is 5.63. The van der Waals surface area contributed by atoms with E-state index >= 15 is 0 Å². The lowest BCUT2D eigenvalue weighted by Crippen LogP contribution is -2.39. The molecule has 0 radical (unpaired) electrons. The molecule has 1 rings (SSSR count). The molecule has 0 spiro atoms. The molecule has 0 saturated heterocycles. The number of anilines is 1. The van der Waals surface area contributed by atoms with E-state index in [9.17, 15) is 13.2 Å². The van der Waals surface area contributed by atoms with Crippen LogP contribution in [-0.4, -0.2) is 18.8 Å². The molecule has 0 unspecified atom stereocenters. The zero-order valence-electron chi connectivity index (χ0n) is 9.76. The van der Waals surface area contributed by atoms with Gasteiger partial charge in [-0.15, -0.1) is 11.6 Å². The van der Waals surface area contributed by atoms with Crippen molar-refractivity contribution in [3.8, 4) is 0 Å². The summed E-state index contributed by atoms with van der Waals surface area (Å²) < 4.78 is 37.3. The predicted molar refractivity (Wildman–Crippen MR) is 64.5 cm³/mol. The highest BCUT2D eigenvalue weighted by molar-refractivity contribution is 6.17. The highest BCUT2D eigenvalue weighted by Crippen LogP contribution is 2.24. The second-order valence-corrected chi connectivity index (χ2v) is 4.40. The van der Waals surface area contributed by atoms with Gasteiger partial charge in [-0.25, -0.2) is 0 Å². The third-order valence-corrected chi connectivity index (χ3v) is 2.70. The summed E-state index contributed by atoms with van der Waals surface area (Å²) in [5, 5.41) is 0. The lowest BCUT2D eigenvalue weighted by molar-refractivity contribution is -0.120.